The lowest BCUT2D eigenvalue weighted by atomic mass is 9.91. The maximum atomic E-state index is 12.5. The summed E-state index contributed by atoms with van der Waals surface area (Å²) in [6.07, 6.45) is 6.90. The zero-order chi connectivity index (χ0) is 13.0. The molecule has 0 radical (unpaired) electrons. The van der Waals surface area contributed by atoms with E-state index in [1.165, 1.54) is 12.8 Å². The second-order valence-electron chi connectivity index (χ2n) is 5.75. The Morgan fingerprint density at radius 1 is 1.11 bits per heavy atom. The standard InChI is InChI=1S/C14H27N3O/c1-2-12-11-17(10-7-13(12)15)14(18)16-8-5-3-4-6-9-16/h12-13H,2-11,15H2,1H3. The number of carbonyl (C=O) groups is 1. The van der Waals surface area contributed by atoms with Crippen molar-refractivity contribution < 1.29 is 4.79 Å². The lowest BCUT2D eigenvalue weighted by Crippen LogP contribution is -2.53. The van der Waals surface area contributed by atoms with Gasteiger partial charge < -0.3 is 15.5 Å². The van der Waals surface area contributed by atoms with E-state index in [9.17, 15) is 4.79 Å². The van der Waals surface area contributed by atoms with Crippen molar-refractivity contribution >= 4 is 6.03 Å². The molecule has 2 aliphatic rings. The Morgan fingerprint density at radius 3 is 2.39 bits per heavy atom. The molecule has 104 valence electrons. The molecule has 2 unspecified atom stereocenters. The fourth-order valence-electron chi connectivity index (χ4n) is 3.12. The van der Waals surface area contributed by atoms with Gasteiger partial charge in [-0.15, -0.1) is 0 Å². The van der Waals surface area contributed by atoms with Crippen LogP contribution in [0.3, 0.4) is 0 Å². The summed E-state index contributed by atoms with van der Waals surface area (Å²) in [5.74, 6) is 0.481. The number of nitrogens with zero attached hydrogens (tertiary/aromatic N) is 2. The van der Waals surface area contributed by atoms with Crippen LogP contribution in [0.15, 0.2) is 0 Å². The summed E-state index contributed by atoms with van der Waals surface area (Å²) < 4.78 is 0. The molecule has 2 N–H and O–H groups in total. The van der Waals surface area contributed by atoms with Crippen molar-refractivity contribution in [1.29, 1.82) is 0 Å². The molecule has 2 saturated heterocycles. The second kappa shape index (κ2) is 6.41. The second-order valence-corrected chi connectivity index (χ2v) is 5.75. The lowest BCUT2D eigenvalue weighted by Gasteiger charge is -2.39. The van der Waals surface area contributed by atoms with Gasteiger partial charge in [-0.05, 0) is 25.2 Å². The summed E-state index contributed by atoms with van der Waals surface area (Å²) in [5.41, 5.74) is 6.10. The molecule has 2 rings (SSSR count). The molecule has 0 aliphatic carbocycles. The van der Waals surface area contributed by atoms with Gasteiger partial charge in [0.2, 0.25) is 0 Å². The Bertz CT molecular complexity index is 274. The van der Waals surface area contributed by atoms with E-state index in [-0.39, 0.29) is 12.1 Å². The minimum atomic E-state index is 0.252. The summed E-state index contributed by atoms with van der Waals surface area (Å²) in [5, 5.41) is 0. The summed E-state index contributed by atoms with van der Waals surface area (Å²) >= 11 is 0. The number of amides is 2. The predicted molar refractivity (Wildman–Crippen MR) is 73.4 cm³/mol. The number of hydrogen-bond acceptors (Lipinski definition) is 2. The van der Waals surface area contributed by atoms with Gasteiger partial charge in [0.15, 0.2) is 0 Å². The first-order valence-corrected chi connectivity index (χ1v) is 7.51. The van der Waals surface area contributed by atoms with E-state index in [0.717, 1.165) is 51.9 Å². The van der Waals surface area contributed by atoms with Crippen molar-refractivity contribution in [1.82, 2.24) is 9.80 Å². The lowest BCUT2D eigenvalue weighted by molar-refractivity contribution is 0.121. The van der Waals surface area contributed by atoms with Gasteiger partial charge in [-0.3, -0.25) is 0 Å². The van der Waals surface area contributed by atoms with E-state index in [1.54, 1.807) is 0 Å². The van der Waals surface area contributed by atoms with E-state index in [4.69, 9.17) is 5.73 Å². The first-order chi connectivity index (χ1) is 8.72. The molecule has 2 heterocycles. The molecule has 2 atom stereocenters. The monoisotopic (exact) mass is 253 g/mol. The van der Waals surface area contributed by atoms with Crippen molar-refractivity contribution in [2.45, 2.75) is 51.5 Å². The van der Waals surface area contributed by atoms with Crippen LogP contribution in [0.1, 0.15) is 45.4 Å². The van der Waals surface area contributed by atoms with E-state index < -0.39 is 0 Å². The Morgan fingerprint density at radius 2 is 1.78 bits per heavy atom. The largest absolute Gasteiger partial charge is 0.327 e. The third kappa shape index (κ3) is 3.16. The normalized spacial score (nSPS) is 30.1. The molecule has 2 fully saturated rings. The van der Waals surface area contributed by atoms with Crippen LogP contribution in [0.4, 0.5) is 4.79 Å². The highest BCUT2D eigenvalue weighted by Gasteiger charge is 2.30. The number of piperidine rings is 1. The average Bonchev–Trinajstić information content (AvgIpc) is 2.67. The predicted octanol–water partition coefficient (Wildman–Crippen LogP) is 2.04. The number of rotatable bonds is 1. The van der Waals surface area contributed by atoms with E-state index >= 15 is 0 Å². The Labute approximate surface area is 110 Å². The molecule has 0 aromatic heterocycles. The van der Waals surface area contributed by atoms with Crippen molar-refractivity contribution in [3.8, 4) is 0 Å². The van der Waals surface area contributed by atoms with Crippen molar-refractivity contribution in [3.63, 3.8) is 0 Å². The smallest absolute Gasteiger partial charge is 0.320 e. The van der Waals surface area contributed by atoms with Crippen LogP contribution >= 0.6 is 0 Å². The van der Waals surface area contributed by atoms with E-state index in [2.05, 4.69) is 11.8 Å². The molecule has 4 heteroatoms. The minimum absolute atomic E-state index is 0.252. The van der Waals surface area contributed by atoms with Gasteiger partial charge in [0.1, 0.15) is 0 Å². The van der Waals surface area contributed by atoms with Gasteiger partial charge in [-0.2, -0.15) is 0 Å². The average molecular weight is 253 g/mol. The highest BCUT2D eigenvalue weighted by molar-refractivity contribution is 5.74. The number of nitrogens with two attached hydrogens (primary N) is 1. The number of hydrogen-bond donors (Lipinski definition) is 1. The fraction of sp³-hybridized carbons (Fsp3) is 0.929. The highest BCUT2D eigenvalue weighted by atomic mass is 16.2. The minimum Gasteiger partial charge on any atom is -0.327 e. The number of carbonyl (C=O) groups excluding carboxylic acids is 1. The van der Waals surface area contributed by atoms with Gasteiger partial charge in [0.05, 0.1) is 0 Å². The van der Waals surface area contributed by atoms with E-state index in [0.29, 0.717) is 5.92 Å². The number of likely N-dealkylation sites (tertiary alicyclic amines) is 2. The van der Waals surface area contributed by atoms with Crippen molar-refractivity contribution in [2.24, 2.45) is 11.7 Å². The molecule has 0 aromatic carbocycles. The third-order valence-corrected chi connectivity index (χ3v) is 4.46. The first-order valence-electron chi connectivity index (χ1n) is 7.51. The molecule has 0 spiro atoms. The van der Waals surface area contributed by atoms with Gasteiger partial charge in [-0.1, -0.05) is 26.2 Å². The fourth-order valence-corrected chi connectivity index (χ4v) is 3.12. The van der Waals surface area contributed by atoms with Crippen LogP contribution in [-0.2, 0) is 0 Å². The molecular weight excluding hydrogens is 226 g/mol. The Hall–Kier alpha value is -0.770. The third-order valence-electron chi connectivity index (χ3n) is 4.46. The molecule has 4 nitrogen and oxygen atoms in total. The molecule has 0 bridgehead atoms. The SMILES string of the molecule is CCC1CN(C(=O)N2CCCCCC2)CCC1N. The molecular formula is C14H27N3O. The molecule has 18 heavy (non-hydrogen) atoms. The summed E-state index contributed by atoms with van der Waals surface area (Å²) in [6.45, 7) is 5.75. The van der Waals surface area contributed by atoms with Crippen LogP contribution in [0.5, 0.6) is 0 Å². The zero-order valence-electron chi connectivity index (χ0n) is 11.6. The quantitative estimate of drug-likeness (QED) is 0.777. The summed E-state index contributed by atoms with van der Waals surface area (Å²) in [7, 11) is 0. The molecule has 2 amide bonds. The van der Waals surface area contributed by atoms with Crippen molar-refractivity contribution in [2.75, 3.05) is 26.2 Å². The van der Waals surface area contributed by atoms with Gasteiger partial charge >= 0.3 is 6.03 Å². The van der Waals surface area contributed by atoms with Gasteiger partial charge in [0, 0.05) is 32.2 Å². The van der Waals surface area contributed by atoms with Crippen LogP contribution in [0.25, 0.3) is 0 Å². The van der Waals surface area contributed by atoms with E-state index in [1.807, 2.05) is 4.90 Å². The first kappa shape index (κ1) is 13.7. The van der Waals surface area contributed by atoms with Gasteiger partial charge in [0.25, 0.3) is 0 Å². The molecule has 0 saturated carbocycles. The maximum Gasteiger partial charge on any atom is 0.320 e. The topological polar surface area (TPSA) is 49.6 Å². The highest BCUT2D eigenvalue weighted by Crippen LogP contribution is 2.20. The van der Waals surface area contributed by atoms with Crippen LogP contribution in [0, 0.1) is 5.92 Å². The summed E-state index contributed by atoms with van der Waals surface area (Å²) in [4.78, 5) is 16.6. The van der Waals surface area contributed by atoms with Gasteiger partial charge in [-0.25, -0.2) is 4.79 Å². The maximum absolute atomic E-state index is 12.5. The number of urea groups is 1. The van der Waals surface area contributed by atoms with Crippen LogP contribution in [-0.4, -0.2) is 48.1 Å². The summed E-state index contributed by atoms with van der Waals surface area (Å²) in [6, 6.07) is 0.533. The molecule has 0 aromatic rings. The van der Waals surface area contributed by atoms with Crippen LogP contribution < -0.4 is 5.73 Å². The zero-order valence-corrected chi connectivity index (χ0v) is 11.6. The Kier molecular flexibility index (Phi) is 4.87. The molecule has 2 aliphatic heterocycles. The Balaban J connectivity index is 1.91. The van der Waals surface area contributed by atoms with Crippen LogP contribution in [0.2, 0.25) is 0 Å². The van der Waals surface area contributed by atoms with Crippen molar-refractivity contribution in [3.05, 3.63) is 0 Å².